The van der Waals surface area contributed by atoms with Crippen LogP contribution in [0.2, 0.25) is 0 Å². The maximum atomic E-state index is 11.6. The van der Waals surface area contributed by atoms with E-state index in [0.29, 0.717) is 0 Å². The molecule has 0 radical (unpaired) electrons. The molecule has 0 spiro atoms. The third kappa shape index (κ3) is 4.94. The van der Waals surface area contributed by atoms with Gasteiger partial charge in [0.15, 0.2) is 0 Å². The van der Waals surface area contributed by atoms with Crippen LogP contribution in [-0.4, -0.2) is 19.5 Å². The quantitative estimate of drug-likeness (QED) is 0.786. The van der Waals surface area contributed by atoms with Gasteiger partial charge in [0.1, 0.15) is 13.4 Å². The molecule has 4 heteroatoms. The number of ether oxygens (including phenoxy) is 1. The molecule has 0 aromatic heterocycles. The Kier molecular flexibility index (Phi) is 4.21. The zero-order chi connectivity index (χ0) is 13.1. The number of benzene rings is 1. The summed E-state index contributed by atoms with van der Waals surface area (Å²) in [6.07, 6.45) is -0.384. The van der Waals surface area contributed by atoms with Gasteiger partial charge < -0.3 is 10.1 Å². The highest BCUT2D eigenvalue weighted by molar-refractivity contribution is 6.32. The van der Waals surface area contributed by atoms with Crippen LogP contribution in [0, 0.1) is 0 Å². The van der Waals surface area contributed by atoms with Crippen LogP contribution in [-0.2, 0) is 4.74 Å². The van der Waals surface area contributed by atoms with E-state index in [0.717, 1.165) is 5.56 Å². The van der Waals surface area contributed by atoms with E-state index >= 15 is 0 Å². The van der Waals surface area contributed by atoms with Gasteiger partial charge in [0, 0.05) is 0 Å². The van der Waals surface area contributed by atoms with Crippen molar-refractivity contribution in [1.82, 2.24) is 5.32 Å². The molecule has 0 saturated carbocycles. The van der Waals surface area contributed by atoms with E-state index < -0.39 is 5.60 Å². The normalized spacial score (nSPS) is 12.9. The highest BCUT2D eigenvalue weighted by atomic mass is 16.6. The lowest BCUT2D eigenvalue weighted by molar-refractivity contribution is 0.0508. The average Bonchev–Trinajstić information content (AvgIpc) is 2.15. The number of amides is 1. The zero-order valence-electron chi connectivity index (χ0n) is 11.2. The van der Waals surface area contributed by atoms with Crippen LogP contribution >= 0.6 is 0 Å². The van der Waals surface area contributed by atoms with Gasteiger partial charge in [-0.25, -0.2) is 4.79 Å². The SMILES string of the molecule is Bc1ccc([C@@H](C)NC(=O)OC(C)(C)C)cc1. The maximum Gasteiger partial charge on any atom is 0.408 e. The molecule has 17 heavy (non-hydrogen) atoms. The Bertz CT molecular complexity index is 381. The molecule has 0 heterocycles. The molecule has 1 aromatic carbocycles. The van der Waals surface area contributed by atoms with Crippen LogP contribution in [0.3, 0.4) is 0 Å². The maximum absolute atomic E-state index is 11.6. The van der Waals surface area contributed by atoms with Crippen LogP contribution in [0.5, 0.6) is 0 Å². The van der Waals surface area contributed by atoms with Crippen LogP contribution in [0.1, 0.15) is 39.3 Å². The minimum Gasteiger partial charge on any atom is -0.444 e. The predicted molar refractivity (Wildman–Crippen MR) is 72.4 cm³/mol. The van der Waals surface area contributed by atoms with Crippen molar-refractivity contribution in [2.24, 2.45) is 0 Å². The first-order valence-electron chi connectivity index (χ1n) is 5.84. The third-order valence-corrected chi connectivity index (χ3v) is 2.31. The molecular formula is C13H20BNO2. The van der Waals surface area contributed by atoms with E-state index in [1.165, 1.54) is 5.46 Å². The molecule has 0 aliphatic heterocycles. The van der Waals surface area contributed by atoms with Crippen molar-refractivity contribution in [3.05, 3.63) is 29.8 Å². The average molecular weight is 233 g/mol. The second-order valence-corrected chi connectivity index (χ2v) is 5.28. The second-order valence-electron chi connectivity index (χ2n) is 5.28. The van der Waals surface area contributed by atoms with Crippen molar-refractivity contribution in [2.75, 3.05) is 0 Å². The fraction of sp³-hybridized carbons (Fsp3) is 0.462. The van der Waals surface area contributed by atoms with E-state index in [1.54, 1.807) is 0 Å². The summed E-state index contributed by atoms with van der Waals surface area (Å²) in [6, 6.07) is 8.03. The van der Waals surface area contributed by atoms with Gasteiger partial charge >= 0.3 is 6.09 Å². The first-order chi connectivity index (χ1) is 7.78. The molecule has 0 unspecified atom stereocenters. The van der Waals surface area contributed by atoms with E-state index in [4.69, 9.17) is 4.74 Å². The molecule has 0 aliphatic carbocycles. The lowest BCUT2D eigenvalue weighted by atomic mass is 9.94. The molecule has 1 amide bonds. The van der Waals surface area contributed by atoms with Crippen LogP contribution < -0.4 is 10.8 Å². The Morgan fingerprint density at radius 2 is 1.82 bits per heavy atom. The van der Waals surface area contributed by atoms with Gasteiger partial charge in [-0.05, 0) is 33.3 Å². The minimum atomic E-state index is -0.461. The fourth-order valence-corrected chi connectivity index (χ4v) is 1.42. The summed E-state index contributed by atoms with van der Waals surface area (Å²) in [6.45, 7) is 7.49. The molecule has 1 atom stereocenters. The van der Waals surface area contributed by atoms with Crippen LogP contribution in [0.15, 0.2) is 24.3 Å². The van der Waals surface area contributed by atoms with Crippen LogP contribution in [0.4, 0.5) is 4.79 Å². The van der Waals surface area contributed by atoms with Gasteiger partial charge in [-0.15, -0.1) is 0 Å². The lowest BCUT2D eigenvalue weighted by Crippen LogP contribution is -2.34. The van der Waals surface area contributed by atoms with Gasteiger partial charge in [-0.1, -0.05) is 29.7 Å². The van der Waals surface area contributed by atoms with Crippen molar-refractivity contribution in [3.8, 4) is 0 Å². The number of carbonyl (C=O) groups excluding carboxylic acids is 1. The zero-order valence-corrected chi connectivity index (χ0v) is 11.2. The topological polar surface area (TPSA) is 38.3 Å². The highest BCUT2D eigenvalue weighted by Crippen LogP contribution is 2.12. The van der Waals surface area contributed by atoms with Gasteiger partial charge in [-0.3, -0.25) is 0 Å². The lowest BCUT2D eigenvalue weighted by Gasteiger charge is -2.22. The summed E-state index contributed by atoms with van der Waals surface area (Å²) < 4.78 is 5.20. The summed E-state index contributed by atoms with van der Waals surface area (Å²) in [5.41, 5.74) is 1.82. The Balaban J connectivity index is 2.57. The van der Waals surface area contributed by atoms with Crippen molar-refractivity contribution < 1.29 is 9.53 Å². The van der Waals surface area contributed by atoms with Gasteiger partial charge in [0.05, 0.1) is 6.04 Å². The van der Waals surface area contributed by atoms with Crippen LogP contribution in [0.25, 0.3) is 0 Å². The van der Waals surface area contributed by atoms with Gasteiger partial charge in [0.25, 0.3) is 0 Å². The third-order valence-electron chi connectivity index (χ3n) is 2.31. The summed E-state index contributed by atoms with van der Waals surface area (Å²) in [4.78, 5) is 11.6. The number of hydrogen-bond acceptors (Lipinski definition) is 2. The van der Waals surface area contributed by atoms with Crippen molar-refractivity contribution in [3.63, 3.8) is 0 Å². The molecule has 0 aliphatic rings. The van der Waals surface area contributed by atoms with Crippen molar-refractivity contribution >= 4 is 19.4 Å². The molecule has 0 saturated heterocycles. The second kappa shape index (κ2) is 5.26. The monoisotopic (exact) mass is 233 g/mol. The smallest absolute Gasteiger partial charge is 0.408 e. The highest BCUT2D eigenvalue weighted by Gasteiger charge is 2.18. The summed E-state index contributed by atoms with van der Waals surface area (Å²) in [7, 11) is 2.04. The Labute approximate surface area is 104 Å². The molecule has 0 bridgehead atoms. The number of hydrogen-bond donors (Lipinski definition) is 1. The Hall–Kier alpha value is -1.45. The molecule has 3 nitrogen and oxygen atoms in total. The van der Waals surface area contributed by atoms with Gasteiger partial charge in [0.2, 0.25) is 0 Å². The number of carbonyl (C=O) groups is 1. The first kappa shape index (κ1) is 13.6. The van der Waals surface area contributed by atoms with E-state index in [9.17, 15) is 4.79 Å². The molecule has 1 rings (SSSR count). The molecule has 1 N–H and O–H groups in total. The predicted octanol–water partition coefficient (Wildman–Crippen LogP) is 1.53. The molecule has 0 fully saturated rings. The number of nitrogens with one attached hydrogen (secondary N) is 1. The Morgan fingerprint density at radius 3 is 2.29 bits per heavy atom. The Morgan fingerprint density at radius 1 is 1.29 bits per heavy atom. The number of rotatable bonds is 2. The fourth-order valence-electron chi connectivity index (χ4n) is 1.42. The van der Waals surface area contributed by atoms with E-state index in [1.807, 2.05) is 59.8 Å². The standard InChI is InChI=1S/C13H20BNO2/c1-9(10-5-7-11(14)8-6-10)15-12(16)17-13(2,3)4/h5-9H,14H2,1-4H3,(H,15,16)/t9-/m1/s1. The van der Waals surface area contributed by atoms with Crippen molar-refractivity contribution in [2.45, 2.75) is 39.3 Å². The summed E-state index contributed by atoms with van der Waals surface area (Å²) in [5.74, 6) is 0. The minimum absolute atomic E-state index is 0.0505. The number of alkyl carbamates (subject to hydrolysis) is 1. The summed E-state index contributed by atoms with van der Waals surface area (Å²) >= 11 is 0. The first-order valence-corrected chi connectivity index (χ1v) is 5.84. The van der Waals surface area contributed by atoms with Gasteiger partial charge in [-0.2, -0.15) is 0 Å². The van der Waals surface area contributed by atoms with E-state index in [-0.39, 0.29) is 12.1 Å². The van der Waals surface area contributed by atoms with Crippen molar-refractivity contribution in [1.29, 1.82) is 0 Å². The summed E-state index contributed by atoms with van der Waals surface area (Å²) in [5, 5.41) is 2.81. The molecule has 1 aromatic rings. The molecule has 92 valence electrons. The van der Waals surface area contributed by atoms with E-state index in [2.05, 4.69) is 5.32 Å². The molecular weight excluding hydrogens is 213 g/mol. The largest absolute Gasteiger partial charge is 0.444 e.